The molecule has 2 aliphatic rings. The third-order valence-electron chi connectivity index (χ3n) is 5.89. The van der Waals surface area contributed by atoms with E-state index in [1.807, 2.05) is 51.1 Å². The zero-order valence-corrected chi connectivity index (χ0v) is 19.1. The zero-order valence-electron chi connectivity index (χ0n) is 19.1. The van der Waals surface area contributed by atoms with Crippen LogP contribution in [0.25, 0.3) is 6.08 Å². The lowest BCUT2D eigenvalue weighted by molar-refractivity contribution is 0.00796. The molecule has 7 nitrogen and oxygen atoms in total. The number of carbonyl (C=O) groups is 1. The van der Waals surface area contributed by atoms with Crippen LogP contribution in [-0.2, 0) is 0 Å². The number of benzene rings is 2. The van der Waals surface area contributed by atoms with Crippen LogP contribution in [-0.4, -0.2) is 48.6 Å². The number of hydrogen-bond donors (Lipinski definition) is 3. The van der Waals surface area contributed by atoms with Crippen molar-refractivity contribution in [3.05, 3.63) is 58.3 Å². The fourth-order valence-corrected chi connectivity index (χ4v) is 4.23. The number of likely N-dealkylation sites (tertiary alicyclic amines) is 1. The van der Waals surface area contributed by atoms with Gasteiger partial charge in [-0.05, 0) is 82.1 Å². The molecule has 1 fully saturated rings. The summed E-state index contributed by atoms with van der Waals surface area (Å²) in [6.07, 6.45) is 2.61. The molecule has 1 unspecified atom stereocenters. The van der Waals surface area contributed by atoms with Crippen LogP contribution in [0.4, 0.5) is 10.5 Å². The van der Waals surface area contributed by atoms with Crippen LogP contribution in [0.5, 0.6) is 11.5 Å². The van der Waals surface area contributed by atoms with Crippen LogP contribution in [0, 0.1) is 20.8 Å². The van der Waals surface area contributed by atoms with Crippen molar-refractivity contribution in [3.63, 3.8) is 0 Å². The molecule has 0 aromatic heterocycles. The molecule has 0 saturated carbocycles. The first kappa shape index (κ1) is 22.2. The number of piperidine rings is 1. The second kappa shape index (κ2) is 9.22. The first-order valence-electron chi connectivity index (χ1n) is 11.0. The van der Waals surface area contributed by atoms with Crippen LogP contribution in [0.15, 0.2) is 36.0 Å². The summed E-state index contributed by atoms with van der Waals surface area (Å²) < 4.78 is 12.0. The largest absolute Gasteiger partial charge is 0.490 e. The first-order chi connectivity index (χ1) is 15.3. The van der Waals surface area contributed by atoms with E-state index in [9.17, 15) is 9.90 Å². The molecule has 0 aliphatic carbocycles. The smallest absolute Gasteiger partial charge is 0.323 e. The summed E-state index contributed by atoms with van der Waals surface area (Å²) in [4.78, 5) is 14.8. The quantitative estimate of drug-likeness (QED) is 0.675. The molecule has 2 amide bonds. The summed E-state index contributed by atoms with van der Waals surface area (Å²) in [5.74, 6) is 1.34. The van der Waals surface area contributed by atoms with Gasteiger partial charge in [0.2, 0.25) is 6.29 Å². The van der Waals surface area contributed by atoms with Gasteiger partial charge in [0.25, 0.3) is 0 Å². The number of rotatable bonds is 4. The Balaban J connectivity index is 1.46. The second-order valence-corrected chi connectivity index (χ2v) is 8.75. The van der Waals surface area contributed by atoms with Gasteiger partial charge in [0, 0.05) is 29.9 Å². The van der Waals surface area contributed by atoms with Gasteiger partial charge in [0.1, 0.15) is 17.6 Å². The lowest BCUT2D eigenvalue weighted by Gasteiger charge is -2.31. The highest BCUT2D eigenvalue weighted by Crippen LogP contribution is 2.37. The van der Waals surface area contributed by atoms with Crippen molar-refractivity contribution in [2.75, 3.05) is 25.5 Å². The zero-order chi connectivity index (χ0) is 22.8. The normalized spacial score (nSPS) is 18.9. The van der Waals surface area contributed by atoms with Crippen LogP contribution in [0.3, 0.4) is 0 Å². The molecule has 2 aliphatic heterocycles. The highest BCUT2D eigenvalue weighted by molar-refractivity contribution is 5.91. The summed E-state index contributed by atoms with van der Waals surface area (Å²) in [5, 5.41) is 16.0. The van der Waals surface area contributed by atoms with E-state index in [4.69, 9.17) is 9.47 Å². The van der Waals surface area contributed by atoms with Crippen molar-refractivity contribution in [3.8, 4) is 11.5 Å². The Morgan fingerprint density at radius 2 is 1.78 bits per heavy atom. The van der Waals surface area contributed by atoms with E-state index >= 15 is 0 Å². The van der Waals surface area contributed by atoms with Crippen LogP contribution >= 0.6 is 0 Å². The fraction of sp³-hybridized carbons (Fsp3) is 0.400. The Morgan fingerprint density at radius 1 is 1.09 bits per heavy atom. The minimum absolute atomic E-state index is 0.179. The monoisotopic (exact) mass is 437 g/mol. The van der Waals surface area contributed by atoms with Gasteiger partial charge in [-0.3, -0.25) is 0 Å². The van der Waals surface area contributed by atoms with E-state index in [0.717, 1.165) is 53.9 Å². The number of amides is 2. The van der Waals surface area contributed by atoms with Crippen molar-refractivity contribution in [2.45, 2.75) is 46.0 Å². The molecule has 4 rings (SSSR count). The SMILES string of the molecule is Cc1cc(C)cc(NC(=O)NC2=Cc3ccc(OC4CCN(C)CC4)c(C)c3OC2O)c1. The Bertz CT molecular complexity index is 1020. The molecular weight excluding hydrogens is 406 g/mol. The van der Waals surface area contributed by atoms with E-state index in [-0.39, 0.29) is 11.8 Å². The predicted octanol–water partition coefficient (Wildman–Crippen LogP) is 3.96. The van der Waals surface area contributed by atoms with Gasteiger partial charge in [-0.2, -0.15) is 0 Å². The molecule has 2 aromatic carbocycles. The van der Waals surface area contributed by atoms with E-state index in [1.165, 1.54) is 0 Å². The summed E-state index contributed by atoms with van der Waals surface area (Å²) in [7, 11) is 2.12. The summed E-state index contributed by atoms with van der Waals surface area (Å²) in [5.41, 5.74) is 4.72. The number of aliphatic hydroxyl groups excluding tert-OH is 1. The third-order valence-corrected chi connectivity index (χ3v) is 5.89. The summed E-state index contributed by atoms with van der Waals surface area (Å²) in [6, 6.07) is 9.19. The number of fused-ring (bicyclic) bond motifs is 1. The van der Waals surface area contributed by atoms with Gasteiger partial charge in [0.05, 0.1) is 5.70 Å². The third kappa shape index (κ3) is 5.06. The van der Waals surface area contributed by atoms with Crippen LogP contribution in [0.1, 0.15) is 35.1 Å². The van der Waals surface area contributed by atoms with E-state index < -0.39 is 12.3 Å². The number of anilines is 1. The first-order valence-corrected chi connectivity index (χ1v) is 11.0. The molecule has 0 bridgehead atoms. The number of carbonyl (C=O) groups excluding carboxylic acids is 1. The maximum Gasteiger partial charge on any atom is 0.323 e. The minimum atomic E-state index is -1.27. The van der Waals surface area contributed by atoms with Gasteiger partial charge in [-0.25, -0.2) is 4.79 Å². The van der Waals surface area contributed by atoms with Gasteiger partial charge < -0.3 is 30.1 Å². The van der Waals surface area contributed by atoms with Crippen molar-refractivity contribution < 1.29 is 19.4 Å². The number of hydrogen-bond acceptors (Lipinski definition) is 5. The minimum Gasteiger partial charge on any atom is -0.490 e. The van der Waals surface area contributed by atoms with Crippen molar-refractivity contribution in [1.82, 2.24) is 10.2 Å². The van der Waals surface area contributed by atoms with E-state index in [1.54, 1.807) is 6.08 Å². The highest BCUT2D eigenvalue weighted by Gasteiger charge is 2.26. The fourth-order valence-electron chi connectivity index (χ4n) is 4.23. The van der Waals surface area contributed by atoms with E-state index in [0.29, 0.717) is 11.4 Å². The van der Waals surface area contributed by atoms with Gasteiger partial charge >= 0.3 is 6.03 Å². The lowest BCUT2D eigenvalue weighted by atomic mass is 10.0. The molecule has 1 atom stereocenters. The molecular formula is C25H31N3O4. The van der Waals surface area contributed by atoms with Crippen LogP contribution in [0.2, 0.25) is 0 Å². The molecule has 0 radical (unpaired) electrons. The van der Waals surface area contributed by atoms with Crippen molar-refractivity contribution in [2.24, 2.45) is 0 Å². The number of ether oxygens (including phenoxy) is 2. The molecule has 2 aromatic rings. The molecule has 170 valence electrons. The maximum atomic E-state index is 12.5. The predicted molar refractivity (Wildman–Crippen MR) is 125 cm³/mol. The van der Waals surface area contributed by atoms with Gasteiger partial charge in [-0.1, -0.05) is 6.07 Å². The lowest BCUT2D eigenvalue weighted by Crippen LogP contribution is -2.37. The van der Waals surface area contributed by atoms with Gasteiger partial charge in [0.15, 0.2) is 0 Å². The molecule has 2 heterocycles. The number of nitrogens with zero attached hydrogens (tertiary/aromatic N) is 1. The molecule has 0 spiro atoms. The van der Waals surface area contributed by atoms with Crippen molar-refractivity contribution in [1.29, 1.82) is 0 Å². The van der Waals surface area contributed by atoms with Crippen LogP contribution < -0.4 is 20.1 Å². The van der Waals surface area contributed by atoms with Crippen molar-refractivity contribution >= 4 is 17.8 Å². The molecule has 7 heteroatoms. The summed E-state index contributed by atoms with van der Waals surface area (Å²) >= 11 is 0. The second-order valence-electron chi connectivity index (χ2n) is 8.75. The average molecular weight is 438 g/mol. The Kier molecular flexibility index (Phi) is 6.39. The average Bonchev–Trinajstić information content (AvgIpc) is 2.72. The topological polar surface area (TPSA) is 83.1 Å². The number of urea groups is 1. The Labute approximate surface area is 189 Å². The Morgan fingerprint density at radius 3 is 2.47 bits per heavy atom. The number of nitrogens with one attached hydrogen (secondary N) is 2. The summed E-state index contributed by atoms with van der Waals surface area (Å²) in [6.45, 7) is 7.91. The Hall–Kier alpha value is -3.03. The van der Waals surface area contributed by atoms with E-state index in [2.05, 4.69) is 22.6 Å². The van der Waals surface area contributed by atoms with Gasteiger partial charge in [-0.15, -0.1) is 0 Å². The molecule has 3 N–H and O–H groups in total. The molecule has 1 saturated heterocycles. The number of aliphatic hydroxyl groups is 1. The number of aryl methyl sites for hydroxylation is 2. The maximum absolute atomic E-state index is 12.5. The standard InChI is InChI=1S/C25H31N3O4/c1-15-11-16(2)13-19(12-15)26-25(30)27-21-14-18-5-6-22(17(3)23(18)32-24(21)29)31-20-7-9-28(4)10-8-20/h5-6,11-14,20,24,29H,7-10H2,1-4H3,(H2,26,27,30). The molecule has 32 heavy (non-hydrogen) atoms. The highest BCUT2D eigenvalue weighted by atomic mass is 16.6.